The summed E-state index contributed by atoms with van der Waals surface area (Å²) in [5.74, 6) is -1.66. The minimum Gasteiger partial charge on any atom is -0.305 e. The second-order valence-corrected chi connectivity index (χ2v) is 6.60. The number of likely N-dealkylation sites (N-methyl/N-ethyl adjacent to an activating group) is 1. The Kier molecular flexibility index (Phi) is 5.56. The quantitative estimate of drug-likeness (QED) is 0.792. The average molecular weight is 344 g/mol. The third-order valence-corrected chi connectivity index (χ3v) is 4.70. The number of rotatable bonds is 4. The molecule has 0 radical (unpaired) electrons. The van der Waals surface area contributed by atoms with E-state index in [4.69, 9.17) is 0 Å². The fraction of sp³-hybridized carbons (Fsp3) is 0.350. The highest BCUT2D eigenvalue weighted by Gasteiger charge is 2.13. The maximum absolute atomic E-state index is 13.8. The van der Waals surface area contributed by atoms with Crippen LogP contribution in [0.15, 0.2) is 36.4 Å². The van der Waals surface area contributed by atoms with E-state index in [-0.39, 0.29) is 6.29 Å². The third kappa shape index (κ3) is 4.30. The highest BCUT2D eigenvalue weighted by atomic mass is 19.1. The third-order valence-electron chi connectivity index (χ3n) is 4.70. The van der Waals surface area contributed by atoms with Crippen LogP contribution >= 0.6 is 0 Å². The molecule has 0 aromatic heterocycles. The van der Waals surface area contributed by atoms with Crippen molar-refractivity contribution in [2.24, 2.45) is 0 Å². The molecule has 5 heteroatoms. The molecule has 0 atom stereocenters. The van der Waals surface area contributed by atoms with Crippen molar-refractivity contribution in [3.63, 3.8) is 0 Å². The first-order valence-electron chi connectivity index (χ1n) is 8.51. The van der Waals surface area contributed by atoms with Crippen molar-refractivity contribution in [1.82, 2.24) is 9.80 Å². The zero-order chi connectivity index (χ0) is 17.8. The van der Waals surface area contributed by atoms with Crippen LogP contribution in [-0.2, 0) is 6.54 Å². The van der Waals surface area contributed by atoms with Gasteiger partial charge >= 0.3 is 0 Å². The summed E-state index contributed by atoms with van der Waals surface area (Å²) in [6, 6.07) is 10.1. The Morgan fingerprint density at radius 1 is 0.960 bits per heavy atom. The molecular weight excluding hydrogens is 322 g/mol. The van der Waals surface area contributed by atoms with Gasteiger partial charge in [0, 0.05) is 19.6 Å². The summed E-state index contributed by atoms with van der Waals surface area (Å²) < 4.78 is 27.5. The summed E-state index contributed by atoms with van der Waals surface area (Å²) in [5.41, 5.74) is 1.82. The first-order valence-corrected chi connectivity index (χ1v) is 8.51. The molecule has 2 aromatic carbocycles. The van der Waals surface area contributed by atoms with Gasteiger partial charge in [-0.25, -0.2) is 8.78 Å². The molecule has 1 heterocycles. The second kappa shape index (κ2) is 7.85. The van der Waals surface area contributed by atoms with Crippen molar-refractivity contribution in [3.8, 4) is 11.1 Å². The number of halogens is 2. The highest BCUT2D eigenvalue weighted by Crippen LogP contribution is 2.24. The number of hydrogen-bond acceptors (Lipinski definition) is 3. The van der Waals surface area contributed by atoms with Gasteiger partial charge in [0.1, 0.15) is 11.6 Å². The fourth-order valence-electron chi connectivity index (χ4n) is 3.18. The van der Waals surface area contributed by atoms with Crippen molar-refractivity contribution in [2.75, 3.05) is 33.2 Å². The van der Waals surface area contributed by atoms with Crippen LogP contribution in [0.5, 0.6) is 0 Å². The first-order chi connectivity index (χ1) is 12.1. The first kappa shape index (κ1) is 17.7. The predicted molar refractivity (Wildman–Crippen MR) is 94.6 cm³/mol. The van der Waals surface area contributed by atoms with E-state index in [1.165, 1.54) is 17.7 Å². The van der Waals surface area contributed by atoms with E-state index in [0.29, 0.717) is 5.56 Å². The number of aldehydes is 1. The topological polar surface area (TPSA) is 23.6 Å². The number of carbonyl (C=O) groups excluding carboxylic acids is 1. The van der Waals surface area contributed by atoms with Gasteiger partial charge in [0.05, 0.1) is 5.56 Å². The monoisotopic (exact) mass is 344 g/mol. The fourth-order valence-corrected chi connectivity index (χ4v) is 3.18. The van der Waals surface area contributed by atoms with Crippen LogP contribution in [-0.4, -0.2) is 49.3 Å². The van der Waals surface area contributed by atoms with Crippen LogP contribution in [0.25, 0.3) is 11.1 Å². The zero-order valence-electron chi connectivity index (χ0n) is 14.3. The maximum Gasteiger partial charge on any atom is 0.155 e. The number of nitrogens with zero attached hydrogens (tertiary/aromatic N) is 2. The van der Waals surface area contributed by atoms with Crippen LogP contribution < -0.4 is 0 Å². The number of benzene rings is 2. The molecule has 0 spiro atoms. The molecule has 0 aliphatic carbocycles. The molecule has 0 unspecified atom stereocenters. The molecule has 1 aliphatic rings. The van der Waals surface area contributed by atoms with Crippen molar-refractivity contribution in [2.45, 2.75) is 13.0 Å². The summed E-state index contributed by atoms with van der Waals surface area (Å²) in [7, 11) is 2.15. The van der Waals surface area contributed by atoms with Crippen molar-refractivity contribution in [3.05, 3.63) is 59.2 Å². The molecule has 132 valence electrons. The molecule has 1 fully saturated rings. The van der Waals surface area contributed by atoms with Crippen LogP contribution in [0.4, 0.5) is 8.78 Å². The highest BCUT2D eigenvalue weighted by molar-refractivity contribution is 5.78. The van der Waals surface area contributed by atoms with E-state index >= 15 is 0 Å². The lowest BCUT2D eigenvalue weighted by Crippen LogP contribution is -2.28. The summed E-state index contributed by atoms with van der Waals surface area (Å²) in [4.78, 5) is 15.5. The number of hydrogen-bond donors (Lipinski definition) is 0. The molecule has 2 aromatic rings. The molecule has 0 saturated carbocycles. The minimum absolute atomic E-state index is 0.205. The largest absolute Gasteiger partial charge is 0.305 e. The summed E-state index contributed by atoms with van der Waals surface area (Å²) >= 11 is 0. The Balaban J connectivity index is 1.73. The van der Waals surface area contributed by atoms with E-state index in [9.17, 15) is 13.6 Å². The van der Waals surface area contributed by atoms with Gasteiger partial charge < -0.3 is 4.90 Å². The van der Waals surface area contributed by atoms with Crippen molar-refractivity contribution >= 4 is 6.29 Å². The summed E-state index contributed by atoms with van der Waals surface area (Å²) in [6.45, 7) is 5.20. The molecule has 1 saturated heterocycles. The van der Waals surface area contributed by atoms with Crippen LogP contribution in [0.2, 0.25) is 0 Å². The van der Waals surface area contributed by atoms with Gasteiger partial charge in [0.25, 0.3) is 0 Å². The maximum atomic E-state index is 13.8. The van der Waals surface area contributed by atoms with Crippen LogP contribution in [0, 0.1) is 11.6 Å². The van der Waals surface area contributed by atoms with E-state index in [1.54, 1.807) is 0 Å². The molecule has 0 N–H and O–H groups in total. The van der Waals surface area contributed by atoms with Gasteiger partial charge in [-0.15, -0.1) is 0 Å². The van der Waals surface area contributed by atoms with E-state index in [0.717, 1.165) is 44.7 Å². The lowest BCUT2D eigenvalue weighted by Gasteiger charge is -2.20. The van der Waals surface area contributed by atoms with Crippen molar-refractivity contribution < 1.29 is 13.6 Å². The normalized spacial score (nSPS) is 16.6. The molecule has 25 heavy (non-hydrogen) atoms. The lowest BCUT2D eigenvalue weighted by atomic mass is 10.0. The molecular formula is C20H22F2N2O. The Morgan fingerprint density at radius 3 is 2.28 bits per heavy atom. The Morgan fingerprint density at radius 2 is 1.64 bits per heavy atom. The predicted octanol–water partition coefficient (Wildman–Crippen LogP) is 3.58. The molecule has 3 rings (SSSR count). The van der Waals surface area contributed by atoms with Crippen molar-refractivity contribution in [1.29, 1.82) is 0 Å². The Hall–Kier alpha value is -2.11. The zero-order valence-corrected chi connectivity index (χ0v) is 14.3. The van der Waals surface area contributed by atoms with Crippen LogP contribution in [0.1, 0.15) is 22.3 Å². The lowest BCUT2D eigenvalue weighted by molar-refractivity contribution is 0.111. The van der Waals surface area contributed by atoms with Gasteiger partial charge in [0.15, 0.2) is 6.29 Å². The van der Waals surface area contributed by atoms with E-state index in [1.807, 2.05) is 24.3 Å². The van der Waals surface area contributed by atoms with Gasteiger partial charge in [-0.1, -0.05) is 24.3 Å². The second-order valence-electron chi connectivity index (χ2n) is 6.60. The number of carbonyl (C=O) groups is 1. The smallest absolute Gasteiger partial charge is 0.155 e. The average Bonchev–Trinajstić information content (AvgIpc) is 2.80. The minimum atomic E-state index is -0.831. The summed E-state index contributed by atoms with van der Waals surface area (Å²) in [5, 5.41) is 0. The summed E-state index contributed by atoms with van der Waals surface area (Å²) in [6.07, 6.45) is 1.37. The standard InChI is InChI=1S/C20H22F2N2O/c1-23-7-2-8-24(10-9-23)13-15-3-5-16(6-4-15)17-11-19(21)18(14-25)20(22)12-17/h3-6,11-12,14H,2,7-10,13H2,1H3. The van der Waals surface area contributed by atoms with E-state index < -0.39 is 17.2 Å². The van der Waals surface area contributed by atoms with Crippen LogP contribution in [0.3, 0.4) is 0 Å². The van der Waals surface area contributed by atoms with Gasteiger partial charge in [-0.05, 0) is 55.4 Å². The van der Waals surface area contributed by atoms with E-state index in [2.05, 4.69) is 16.8 Å². The molecule has 1 aliphatic heterocycles. The molecule has 3 nitrogen and oxygen atoms in total. The van der Waals surface area contributed by atoms with Gasteiger partial charge in [-0.2, -0.15) is 0 Å². The Labute approximate surface area is 146 Å². The SMILES string of the molecule is CN1CCCN(Cc2ccc(-c3cc(F)c(C=O)c(F)c3)cc2)CC1. The molecule has 0 bridgehead atoms. The van der Waals surface area contributed by atoms with Gasteiger partial charge in [0.2, 0.25) is 0 Å². The Bertz CT molecular complexity index is 723. The van der Waals surface area contributed by atoms with Gasteiger partial charge in [-0.3, -0.25) is 9.69 Å². The molecule has 0 amide bonds.